The van der Waals surface area contributed by atoms with Crippen LogP contribution in [0.25, 0.3) is 0 Å². The molecule has 0 spiro atoms. The molecule has 0 aliphatic carbocycles. The molecule has 2 heteroatoms. The molecule has 0 fully saturated rings. The molecule has 0 aromatic heterocycles. The molecule has 2 nitrogen and oxygen atoms in total. The summed E-state index contributed by atoms with van der Waals surface area (Å²) in [6.45, 7) is 8.62. The molecule has 0 saturated heterocycles. The Morgan fingerprint density at radius 2 is 2.08 bits per heavy atom. The second-order valence-corrected chi connectivity index (χ2v) is 3.71. The van der Waals surface area contributed by atoms with Gasteiger partial charge in [-0.3, -0.25) is 4.99 Å². The van der Waals surface area contributed by atoms with Gasteiger partial charge in [0.1, 0.15) is 0 Å². The predicted octanol–water partition coefficient (Wildman–Crippen LogP) is 2.96. The van der Waals surface area contributed by atoms with Crippen molar-refractivity contribution in [2.45, 2.75) is 40.5 Å². The predicted molar refractivity (Wildman–Crippen MR) is 60.0 cm³/mol. The largest absolute Gasteiger partial charge is 0.390 e. The molecule has 0 amide bonds. The fourth-order valence-corrected chi connectivity index (χ4v) is 1.01. The van der Waals surface area contributed by atoms with Gasteiger partial charge >= 0.3 is 0 Å². The fraction of sp³-hybridized carbons (Fsp3) is 0.727. The molecule has 0 atom stereocenters. The minimum atomic E-state index is 0.696. The van der Waals surface area contributed by atoms with Crippen molar-refractivity contribution in [1.82, 2.24) is 5.32 Å². The Hall–Kier alpha value is -0.790. The lowest BCUT2D eigenvalue weighted by molar-refractivity contribution is 0.678. The highest BCUT2D eigenvalue weighted by atomic mass is 14.9. The normalized spacial score (nSPS) is 13.7. The first-order valence-electron chi connectivity index (χ1n) is 5.00. The van der Waals surface area contributed by atoms with Gasteiger partial charge in [-0.05, 0) is 25.7 Å². The molecule has 13 heavy (non-hydrogen) atoms. The van der Waals surface area contributed by atoms with Crippen LogP contribution >= 0.6 is 0 Å². The van der Waals surface area contributed by atoms with Gasteiger partial charge in [-0.25, -0.2) is 0 Å². The second kappa shape index (κ2) is 6.70. The number of hydrogen-bond donors (Lipinski definition) is 1. The highest BCUT2D eigenvalue weighted by Crippen LogP contribution is 2.05. The Kier molecular flexibility index (Phi) is 6.29. The maximum atomic E-state index is 4.45. The van der Waals surface area contributed by atoms with E-state index >= 15 is 0 Å². The summed E-state index contributed by atoms with van der Waals surface area (Å²) in [5, 5.41) is 3.05. The van der Waals surface area contributed by atoms with Crippen molar-refractivity contribution in [2.75, 3.05) is 7.05 Å². The summed E-state index contributed by atoms with van der Waals surface area (Å²) in [6, 6.07) is 0. The van der Waals surface area contributed by atoms with E-state index in [0.717, 1.165) is 18.5 Å². The lowest BCUT2D eigenvalue weighted by atomic mass is 10.1. The molecule has 0 bridgehead atoms. The van der Waals surface area contributed by atoms with Crippen molar-refractivity contribution >= 4 is 5.71 Å². The SMILES string of the molecule is CC/C(CC(C)C)=N\C=C(\C)NC. The van der Waals surface area contributed by atoms with Crippen LogP contribution in [0.1, 0.15) is 40.5 Å². The van der Waals surface area contributed by atoms with E-state index in [4.69, 9.17) is 0 Å². The summed E-state index contributed by atoms with van der Waals surface area (Å²) in [5.41, 5.74) is 2.39. The Morgan fingerprint density at radius 3 is 2.46 bits per heavy atom. The first kappa shape index (κ1) is 12.2. The first-order valence-corrected chi connectivity index (χ1v) is 5.00. The van der Waals surface area contributed by atoms with Crippen LogP contribution in [0.2, 0.25) is 0 Å². The minimum absolute atomic E-state index is 0.696. The van der Waals surface area contributed by atoms with Crippen molar-refractivity contribution in [3.8, 4) is 0 Å². The molecular formula is C11H22N2. The summed E-state index contributed by atoms with van der Waals surface area (Å²) >= 11 is 0. The molecule has 0 radical (unpaired) electrons. The van der Waals surface area contributed by atoms with E-state index < -0.39 is 0 Å². The summed E-state index contributed by atoms with van der Waals surface area (Å²) in [4.78, 5) is 4.45. The zero-order valence-corrected chi connectivity index (χ0v) is 9.52. The topological polar surface area (TPSA) is 24.4 Å². The summed E-state index contributed by atoms with van der Waals surface area (Å²) < 4.78 is 0. The maximum absolute atomic E-state index is 4.45. The van der Waals surface area contributed by atoms with Crippen LogP contribution in [0.5, 0.6) is 0 Å². The number of allylic oxidation sites excluding steroid dienone is 1. The second-order valence-electron chi connectivity index (χ2n) is 3.71. The molecule has 1 N–H and O–H groups in total. The third-order valence-corrected chi connectivity index (χ3v) is 1.89. The van der Waals surface area contributed by atoms with Crippen LogP contribution in [-0.4, -0.2) is 12.8 Å². The third-order valence-electron chi connectivity index (χ3n) is 1.89. The Balaban J connectivity index is 4.22. The highest BCUT2D eigenvalue weighted by molar-refractivity contribution is 5.84. The van der Waals surface area contributed by atoms with Crippen LogP contribution in [0.4, 0.5) is 0 Å². The van der Waals surface area contributed by atoms with E-state index in [9.17, 15) is 0 Å². The molecular weight excluding hydrogens is 160 g/mol. The number of hydrogen-bond acceptors (Lipinski definition) is 2. The third kappa shape index (κ3) is 6.38. The Morgan fingerprint density at radius 1 is 1.46 bits per heavy atom. The smallest absolute Gasteiger partial charge is 0.0453 e. The van der Waals surface area contributed by atoms with E-state index in [1.807, 2.05) is 20.2 Å². The van der Waals surface area contributed by atoms with E-state index in [0.29, 0.717) is 5.92 Å². The Bertz CT molecular complexity index is 190. The average Bonchev–Trinajstić information content (AvgIpc) is 2.10. The molecule has 0 aliphatic heterocycles. The molecule has 0 rings (SSSR count). The van der Waals surface area contributed by atoms with Crippen molar-refractivity contribution in [3.05, 3.63) is 11.9 Å². The van der Waals surface area contributed by atoms with Gasteiger partial charge in [0.25, 0.3) is 0 Å². The lowest BCUT2D eigenvalue weighted by Gasteiger charge is -2.05. The molecule has 0 heterocycles. The maximum Gasteiger partial charge on any atom is 0.0453 e. The number of nitrogens with zero attached hydrogens (tertiary/aromatic N) is 1. The van der Waals surface area contributed by atoms with E-state index in [-0.39, 0.29) is 0 Å². The Labute approximate surface area is 82.1 Å². The van der Waals surface area contributed by atoms with E-state index in [1.54, 1.807) is 0 Å². The van der Waals surface area contributed by atoms with Gasteiger partial charge < -0.3 is 5.32 Å². The fourth-order valence-electron chi connectivity index (χ4n) is 1.01. The van der Waals surface area contributed by atoms with Gasteiger partial charge in [-0.2, -0.15) is 0 Å². The van der Waals surface area contributed by atoms with Gasteiger partial charge in [0.15, 0.2) is 0 Å². The quantitative estimate of drug-likeness (QED) is 0.649. The summed E-state index contributed by atoms with van der Waals surface area (Å²) in [7, 11) is 1.91. The molecule has 0 aromatic rings. The monoisotopic (exact) mass is 182 g/mol. The molecule has 0 aromatic carbocycles. The zero-order chi connectivity index (χ0) is 10.3. The average molecular weight is 182 g/mol. The van der Waals surface area contributed by atoms with Gasteiger partial charge in [0, 0.05) is 24.7 Å². The van der Waals surface area contributed by atoms with Crippen molar-refractivity contribution in [3.63, 3.8) is 0 Å². The van der Waals surface area contributed by atoms with Gasteiger partial charge in [0.05, 0.1) is 0 Å². The van der Waals surface area contributed by atoms with Gasteiger partial charge in [-0.1, -0.05) is 20.8 Å². The lowest BCUT2D eigenvalue weighted by Crippen LogP contribution is -2.03. The standard InChI is InChI=1S/C11H22N2/c1-6-11(7-9(2)3)13-8-10(4)12-5/h8-9,12H,6-7H2,1-5H3/b10-8-,13-11+. The van der Waals surface area contributed by atoms with Crippen LogP contribution < -0.4 is 5.32 Å². The van der Waals surface area contributed by atoms with Crippen LogP contribution in [0.15, 0.2) is 16.9 Å². The van der Waals surface area contributed by atoms with E-state index in [1.165, 1.54) is 5.71 Å². The zero-order valence-electron chi connectivity index (χ0n) is 9.52. The molecule has 76 valence electrons. The molecule has 0 aliphatic rings. The van der Waals surface area contributed by atoms with Crippen molar-refractivity contribution < 1.29 is 0 Å². The van der Waals surface area contributed by atoms with Crippen LogP contribution in [0.3, 0.4) is 0 Å². The molecule has 0 unspecified atom stereocenters. The highest BCUT2D eigenvalue weighted by Gasteiger charge is 1.99. The van der Waals surface area contributed by atoms with Crippen LogP contribution in [0, 0.1) is 5.92 Å². The number of rotatable bonds is 5. The van der Waals surface area contributed by atoms with Gasteiger partial charge in [-0.15, -0.1) is 0 Å². The number of aliphatic imine (C=N–C) groups is 1. The molecule has 0 saturated carbocycles. The van der Waals surface area contributed by atoms with Crippen molar-refractivity contribution in [2.24, 2.45) is 10.9 Å². The van der Waals surface area contributed by atoms with Gasteiger partial charge in [0.2, 0.25) is 0 Å². The van der Waals surface area contributed by atoms with Crippen molar-refractivity contribution in [1.29, 1.82) is 0 Å². The summed E-state index contributed by atoms with van der Waals surface area (Å²) in [6.07, 6.45) is 4.05. The van der Waals surface area contributed by atoms with Crippen LogP contribution in [-0.2, 0) is 0 Å². The minimum Gasteiger partial charge on any atom is -0.390 e. The summed E-state index contributed by atoms with van der Waals surface area (Å²) in [5.74, 6) is 0.696. The number of nitrogens with one attached hydrogen (secondary N) is 1. The first-order chi connectivity index (χ1) is 6.10. The van der Waals surface area contributed by atoms with E-state index in [2.05, 4.69) is 31.1 Å².